The third-order valence-corrected chi connectivity index (χ3v) is 3.53. The summed E-state index contributed by atoms with van der Waals surface area (Å²) in [6.07, 6.45) is 2.34. The SMILES string of the molecule is COc1cc(C2CCNCC2)c(OC)cc1C. The third kappa shape index (κ3) is 2.55. The van der Waals surface area contributed by atoms with Gasteiger partial charge in [-0.3, -0.25) is 0 Å². The molecule has 0 saturated carbocycles. The first-order valence-corrected chi connectivity index (χ1v) is 6.19. The van der Waals surface area contributed by atoms with E-state index in [9.17, 15) is 0 Å². The van der Waals surface area contributed by atoms with Gasteiger partial charge in [0.1, 0.15) is 11.5 Å². The zero-order valence-electron chi connectivity index (χ0n) is 10.9. The summed E-state index contributed by atoms with van der Waals surface area (Å²) >= 11 is 0. The molecule has 94 valence electrons. The lowest BCUT2D eigenvalue weighted by molar-refractivity contribution is 0.382. The van der Waals surface area contributed by atoms with E-state index in [4.69, 9.17) is 9.47 Å². The summed E-state index contributed by atoms with van der Waals surface area (Å²) in [4.78, 5) is 0. The Morgan fingerprint density at radius 2 is 1.71 bits per heavy atom. The van der Waals surface area contributed by atoms with Crippen molar-refractivity contribution in [3.8, 4) is 11.5 Å². The van der Waals surface area contributed by atoms with E-state index in [2.05, 4.69) is 17.4 Å². The second-order valence-electron chi connectivity index (χ2n) is 4.59. The van der Waals surface area contributed by atoms with Gasteiger partial charge in [-0.1, -0.05) is 0 Å². The molecule has 0 spiro atoms. The Hall–Kier alpha value is -1.22. The molecule has 1 saturated heterocycles. The molecule has 1 heterocycles. The summed E-state index contributed by atoms with van der Waals surface area (Å²) in [6, 6.07) is 4.22. The molecule has 3 nitrogen and oxygen atoms in total. The Morgan fingerprint density at radius 3 is 2.29 bits per heavy atom. The summed E-state index contributed by atoms with van der Waals surface area (Å²) < 4.78 is 10.9. The molecule has 1 aliphatic heterocycles. The van der Waals surface area contributed by atoms with Crippen LogP contribution in [-0.4, -0.2) is 27.3 Å². The lowest BCUT2D eigenvalue weighted by atomic mass is 9.89. The molecule has 0 atom stereocenters. The number of hydrogen-bond acceptors (Lipinski definition) is 3. The van der Waals surface area contributed by atoms with Crippen molar-refractivity contribution >= 4 is 0 Å². The summed E-state index contributed by atoms with van der Waals surface area (Å²) in [5.74, 6) is 2.54. The van der Waals surface area contributed by atoms with E-state index in [1.807, 2.05) is 6.92 Å². The van der Waals surface area contributed by atoms with Crippen molar-refractivity contribution in [1.29, 1.82) is 0 Å². The first kappa shape index (κ1) is 12.2. The summed E-state index contributed by atoms with van der Waals surface area (Å²) in [5.41, 5.74) is 2.42. The van der Waals surface area contributed by atoms with Crippen LogP contribution in [0.5, 0.6) is 11.5 Å². The van der Waals surface area contributed by atoms with Crippen LogP contribution >= 0.6 is 0 Å². The van der Waals surface area contributed by atoms with Crippen LogP contribution in [0, 0.1) is 6.92 Å². The van der Waals surface area contributed by atoms with Gasteiger partial charge in [0, 0.05) is 5.56 Å². The molecule has 1 aromatic carbocycles. The van der Waals surface area contributed by atoms with Crippen molar-refractivity contribution in [3.05, 3.63) is 23.3 Å². The molecule has 0 unspecified atom stereocenters. The highest BCUT2D eigenvalue weighted by molar-refractivity contribution is 5.47. The van der Waals surface area contributed by atoms with Crippen LogP contribution in [0.25, 0.3) is 0 Å². The van der Waals surface area contributed by atoms with E-state index in [1.165, 1.54) is 18.4 Å². The van der Waals surface area contributed by atoms with Crippen LogP contribution in [0.2, 0.25) is 0 Å². The van der Waals surface area contributed by atoms with Crippen molar-refractivity contribution in [1.82, 2.24) is 5.32 Å². The van der Waals surface area contributed by atoms with Gasteiger partial charge in [0.25, 0.3) is 0 Å². The molecule has 17 heavy (non-hydrogen) atoms. The van der Waals surface area contributed by atoms with Crippen LogP contribution in [0.3, 0.4) is 0 Å². The minimum Gasteiger partial charge on any atom is -0.496 e. The van der Waals surface area contributed by atoms with Gasteiger partial charge in [-0.25, -0.2) is 0 Å². The summed E-state index contributed by atoms with van der Waals surface area (Å²) in [5, 5.41) is 3.39. The maximum atomic E-state index is 5.50. The maximum Gasteiger partial charge on any atom is 0.122 e. The largest absolute Gasteiger partial charge is 0.496 e. The van der Waals surface area contributed by atoms with Crippen molar-refractivity contribution in [2.45, 2.75) is 25.7 Å². The average molecular weight is 235 g/mol. The highest BCUT2D eigenvalue weighted by Gasteiger charge is 2.20. The van der Waals surface area contributed by atoms with Gasteiger partial charge in [0.2, 0.25) is 0 Å². The molecular weight excluding hydrogens is 214 g/mol. The number of aryl methyl sites for hydroxylation is 1. The number of rotatable bonds is 3. The zero-order valence-corrected chi connectivity index (χ0v) is 10.9. The minimum atomic E-state index is 0.584. The Morgan fingerprint density at radius 1 is 1.06 bits per heavy atom. The van der Waals surface area contributed by atoms with Crippen LogP contribution in [0.4, 0.5) is 0 Å². The molecule has 0 bridgehead atoms. The average Bonchev–Trinajstić information content (AvgIpc) is 2.39. The molecule has 2 rings (SSSR count). The minimum absolute atomic E-state index is 0.584. The lowest BCUT2D eigenvalue weighted by Gasteiger charge is -2.25. The molecule has 1 aromatic rings. The Kier molecular flexibility index (Phi) is 3.89. The fourth-order valence-electron chi connectivity index (χ4n) is 2.53. The second-order valence-corrected chi connectivity index (χ2v) is 4.59. The highest BCUT2D eigenvalue weighted by atomic mass is 16.5. The molecule has 0 aromatic heterocycles. The fourth-order valence-corrected chi connectivity index (χ4v) is 2.53. The predicted octanol–water partition coefficient (Wildman–Crippen LogP) is 2.48. The fraction of sp³-hybridized carbons (Fsp3) is 0.571. The first-order valence-electron chi connectivity index (χ1n) is 6.19. The second kappa shape index (κ2) is 5.41. The van der Waals surface area contributed by atoms with Crippen molar-refractivity contribution in [2.75, 3.05) is 27.3 Å². The molecular formula is C14H21NO2. The molecule has 1 aliphatic rings. The number of hydrogen-bond donors (Lipinski definition) is 1. The van der Waals surface area contributed by atoms with Gasteiger partial charge in [-0.2, -0.15) is 0 Å². The van der Waals surface area contributed by atoms with Crippen LogP contribution in [-0.2, 0) is 0 Å². The van der Waals surface area contributed by atoms with Crippen LogP contribution < -0.4 is 14.8 Å². The number of methoxy groups -OCH3 is 2. The first-order chi connectivity index (χ1) is 8.26. The van der Waals surface area contributed by atoms with E-state index in [1.54, 1.807) is 14.2 Å². The van der Waals surface area contributed by atoms with Gasteiger partial charge in [0.05, 0.1) is 14.2 Å². The zero-order chi connectivity index (χ0) is 12.3. The van der Waals surface area contributed by atoms with E-state index in [-0.39, 0.29) is 0 Å². The summed E-state index contributed by atoms with van der Waals surface area (Å²) in [7, 11) is 3.47. The number of piperidine rings is 1. The predicted molar refractivity (Wildman–Crippen MR) is 69.1 cm³/mol. The highest BCUT2D eigenvalue weighted by Crippen LogP contribution is 2.36. The van der Waals surface area contributed by atoms with E-state index in [0.717, 1.165) is 30.2 Å². The standard InChI is InChI=1S/C14H21NO2/c1-10-8-14(17-3)12(9-13(10)16-2)11-4-6-15-7-5-11/h8-9,11,15H,4-7H2,1-3H3. The Balaban J connectivity index is 2.35. The quantitative estimate of drug-likeness (QED) is 0.873. The summed E-state index contributed by atoms with van der Waals surface area (Å²) in [6.45, 7) is 4.22. The Bertz CT molecular complexity index is 384. The van der Waals surface area contributed by atoms with Crippen molar-refractivity contribution < 1.29 is 9.47 Å². The maximum absolute atomic E-state index is 5.50. The van der Waals surface area contributed by atoms with E-state index < -0.39 is 0 Å². The van der Waals surface area contributed by atoms with Crippen molar-refractivity contribution in [3.63, 3.8) is 0 Å². The van der Waals surface area contributed by atoms with Gasteiger partial charge in [-0.15, -0.1) is 0 Å². The van der Waals surface area contributed by atoms with Crippen LogP contribution in [0.15, 0.2) is 12.1 Å². The van der Waals surface area contributed by atoms with E-state index >= 15 is 0 Å². The Labute approximate surface area is 103 Å². The monoisotopic (exact) mass is 235 g/mol. The molecule has 1 fully saturated rings. The van der Waals surface area contributed by atoms with Gasteiger partial charge < -0.3 is 14.8 Å². The smallest absolute Gasteiger partial charge is 0.122 e. The molecule has 0 radical (unpaired) electrons. The number of benzene rings is 1. The third-order valence-electron chi connectivity index (χ3n) is 3.53. The van der Waals surface area contributed by atoms with Crippen molar-refractivity contribution in [2.24, 2.45) is 0 Å². The normalized spacial score (nSPS) is 16.9. The number of ether oxygens (including phenoxy) is 2. The van der Waals surface area contributed by atoms with E-state index in [0.29, 0.717) is 5.92 Å². The van der Waals surface area contributed by atoms with Gasteiger partial charge in [-0.05, 0) is 56.5 Å². The molecule has 3 heteroatoms. The molecule has 0 aliphatic carbocycles. The molecule has 1 N–H and O–H groups in total. The van der Waals surface area contributed by atoms with Crippen LogP contribution in [0.1, 0.15) is 29.9 Å². The van der Waals surface area contributed by atoms with Gasteiger partial charge >= 0.3 is 0 Å². The lowest BCUT2D eigenvalue weighted by Crippen LogP contribution is -2.26. The van der Waals surface area contributed by atoms with Gasteiger partial charge in [0.15, 0.2) is 0 Å². The number of nitrogens with one attached hydrogen (secondary N) is 1. The topological polar surface area (TPSA) is 30.5 Å². The molecule has 0 amide bonds.